The van der Waals surface area contributed by atoms with Crippen molar-refractivity contribution in [2.24, 2.45) is 0 Å². The van der Waals surface area contributed by atoms with E-state index >= 15 is 0 Å². The Balaban J connectivity index is 1.80. The average molecular weight is 423 g/mol. The van der Waals surface area contributed by atoms with Gasteiger partial charge in [-0.2, -0.15) is 18.3 Å². The van der Waals surface area contributed by atoms with Gasteiger partial charge in [-0.3, -0.25) is 9.59 Å². The lowest BCUT2D eigenvalue weighted by Crippen LogP contribution is -2.33. The molecule has 152 valence electrons. The number of carbonyl (C=O) groups is 1. The van der Waals surface area contributed by atoms with Crippen LogP contribution in [0.1, 0.15) is 18.5 Å². The van der Waals surface area contributed by atoms with Crippen LogP contribution in [0.5, 0.6) is 5.75 Å². The third-order valence-corrected chi connectivity index (χ3v) is 5.05. The summed E-state index contributed by atoms with van der Waals surface area (Å²) < 4.78 is 44.1. The maximum Gasteiger partial charge on any atom is 0.416 e. The fourth-order valence-corrected chi connectivity index (χ4v) is 3.32. The van der Waals surface area contributed by atoms with Crippen LogP contribution < -0.4 is 15.6 Å². The summed E-state index contributed by atoms with van der Waals surface area (Å²) in [6, 6.07) is 7.67. The fraction of sp³-hybridized carbons (Fsp3) is 0.211. The maximum absolute atomic E-state index is 12.6. The molecule has 0 saturated carbocycles. The minimum atomic E-state index is -4.46. The lowest BCUT2D eigenvalue weighted by Gasteiger charge is -2.15. The van der Waals surface area contributed by atoms with Crippen molar-refractivity contribution in [3.05, 3.63) is 63.8 Å². The molecule has 0 radical (unpaired) electrons. The number of amides is 1. The van der Waals surface area contributed by atoms with Crippen LogP contribution in [0.2, 0.25) is 0 Å². The predicted molar refractivity (Wildman–Crippen MR) is 103 cm³/mol. The van der Waals surface area contributed by atoms with Gasteiger partial charge in [0.25, 0.3) is 5.56 Å². The average Bonchev–Trinajstić information content (AvgIpc) is 3.17. The van der Waals surface area contributed by atoms with Crippen LogP contribution >= 0.6 is 11.3 Å². The zero-order valence-corrected chi connectivity index (χ0v) is 16.2. The SMILES string of the molecule is COc1csc(-c2ccc(=O)n(C(C)C(=O)Nc3ccc(C(F)(F)F)cc3)n2)c1. The Labute approximate surface area is 167 Å². The van der Waals surface area contributed by atoms with Crippen LogP contribution in [0.25, 0.3) is 10.6 Å². The molecule has 2 aromatic heterocycles. The first-order chi connectivity index (χ1) is 13.7. The van der Waals surface area contributed by atoms with E-state index in [1.165, 1.54) is 31.4 Å². The quantitative estimate of drug-likeness (QED) is 0.668. The molecular weight excluding hydrogens is 407 g/mol. The number of thiophene rings is 1. The van der Waals surface area contributed by atoms with Gasteiger partial charge in [0, 0.05) is 23.2 Å². The van der Waals surface area contributed by atoms with Crippen LogP contribution in [0, 0.1) is 0 Å². The summed E-state index contributed by atoms with van der Waals surface area (Å²) in [7, 11) is 1.54. The zero-order chi connectivity index (χ0) is 21.2. The van der Waals surface area contributed by atoms with Crippen molar-refractivity contribution >= 4 is 22.9 Å². The van der Waals surface area contributed by atoms with Gasteiger partial charge in [0.1, 0.15) is 17.5 Å². The molecule has 2 heterocycles. The second kappa shape index (κ2) is 8.08. The molecule has 3 aromatic rings. The Morgan fingerprint density at radius 2 is 1.90 bits per heavy atom. The molecule has 0 aliphatic carbocycles. The number of hydrogen-bond acceptors (Lipinski definition) is 5. The predicted octanol–water partition coefficient (Wildman–Crippen LogP) is 4.20. The Bertz CT molecular complexity index is 1070. The number of carbonyl (C=O) groups excluding carboxylic acids is 1. The highest BCUT2D eigenvalue weighted by atomic mass is 32.1. The number of rotatable bonds is 5. The smallest absolute Gasteiger partial charge is 0.416 e. The molecule has 0 aliphatic rings. The standard InChI is InChI=1S/C19H16F3N3O3S/c1-11(18(27)23-13-5-3-12(4-6-13)19(20,21)22)25-17(26)8-7-15(24-25)16-9-14(28-2)10-29-16/h3-11H,1-2H3,(H,23,27). The first kappa shape index (κ1) is 20.6. The highest BCUT2D eigenvalue weighted by molar-refractivity contribution is 7.13. The summed E-state index contributed by atoms with van der Waals surface area (Å²) >= 11 is 1.37. The minimum Gasteiger partial charge on any atom is -0.496 e. The molecule has 3 rings (SSSR count). The van der Waals surface area contributed by atoms with Gasteiger partial charge in [-0.15, -0.1) is 11.3 Å². The number of alkyl halides is 3. The number of anilines is 1. The number of ether oxygens (including phenoxy) is 1. The van der Waals surface area contributed by atoms with E-state index in [4.69, 9.17) is 4.74 Å². The minimum absolute atomic E-state index is 0.182. The van der Waals surface area contributed by atoms with Crippen LogP contribution in [-0.4, -0.2) is 22.8 Å². The summed E-state index contributed by atoms with van der Waals surface area (Å²) in [6.07, 6.45) is -4.46. The van der Waals surface area contributed by atoms with Gasteiger partial charge in [-0.1, -0.05) is 0 Å². The molecule has 0 bridgehead atoms. The summed E-state index contributed by atoms with van der Waals surface area (Å²) in [4.78, 5) is 25.4. The molecule has 29 heavy (non-hydrogen) atoms. The van der Waals surface area contributed by atoms with Crippen molar-refractivity contribution < 1.29 is 22.7 Å². The van der Waals surface area contributed by atoms with Crippen molar-refractivity contribution in [3.63, 3.8) is 0 Å². The van der Waals surface area contributed by atoms with E-state index in [1.54, 1.807) is 17.5 Å². The first-order valence-corrected chi connectivity index (χ1v) is 9.28. The van der Waals surface area contributed by atoms with E-state index < -0.39 is 29.2 Å². The molecule has 6 nitrogen and oxygen atoms in total. The molecule has 0 saturated heterocycles. The molecule has 10 heteroatoms. The van der Waals surface area contributed by atoms with Crippen LogP contribution in [-0.2, 0) is 11.0 Å². The molecule has 1 unspecified atom stereocenters. The highest BCUT2D eigenvalue weighted by Crippen LogP contribution is 2.30. The van der Waals surface area contributed by atoms with Crippen molar-refractivity contribution in [1.82, 2.24) is 9.78 Å². The van der Waals surface area contributed by atoms with E-state index in [1.807, 2.05) is 0 Å². The maximum atomic E-state index is 12.6. The molecular formula is C19H16F3N3O3S. The number of aromatic nitrogens is 2. The number of methoxy groups -OCH3 is 1. The number of nitrogens with zero attached hydrogens (tertiary/aromatic N) is 2. The van der Waals surface area contributed by atoms with Gasteiger partial charge >= 0.3 is 6.18 Å². The summed E-state index contributed by atoms with van der Waals surface area (Å²) in [6.45, 7) is 1.48. The second-order valence-corrected chi connectivity index (χ2v) is 7.00. The lowest BCUT2D eigenvalue weighted by atomic mass is 10.2. The molecule has 0 aliphatic heterocycles. The first-order valence-electron chi connectivity index (χ1n) is 8.40. The largest absolute Gasteiger partial charge is 0.496 e. The number of halogens is 3. The second-order valence-electron chi connectivity index (χ2n) is 6.09. The number of benzene rings is 1. The van der Waals surface area contributed by atoms with E-state index in [9.17, 15) is 22.8 Å². The Hall–Kier alpha value is -3.14. The normalized spacial score (nSPS) is 12.4. The van der Waals surface area contributed by atoms with E-state index in [0.29, 0.717) is 11.4 Å². The van der Waals surface area contributed by atoms with E-state index in [2.05, 4.69) is 10.4 Å². The van der Waals surface area contributed by atoms with Crippen molar-refractivity contribution in [1.29, 1.82) is 0 Å². The topological polar surface area (TPSA) is 73.2 Å². The third-order valence-electron chi connectivity index (χ3n) is 4.11. The summed E-state index contributed by atoms with van der Waals surface area (Å²) in [5, 5.41) is 8.53. The van der Waals surface area contributed by atoms with E-state index in [0.717, 1.165) is 33.8 Å². The molecule has 1 N–H and O–H groups in total. The van der Waals surface area contributed by atoms with E-state index in [-0.39, 0.29) is 5.69 Å². The molecule has 1 atom stereocenters. The molecule has 0 spiro atoms. The molecule has 0 fully saturated rings. The van der Waals surface area contributed by atoms with Gasteiger partial charge in [-0.05, 0) is 37.3 Å². The van der Waals surface area contributed by atoms with Gasteiger partial charge in [-0.25, -0.2) is 4.68 Å². The van der Waals surface area contributed by atoms with Gasteiger partial charge in [0.15, 0.2) is 0 Å². The number of hydrogen-bond donors (Lipinski definition) is 1. The zero-order valence-electron chi connectivity index (χ0n) is 15.4. The van der Waals surface area contributed by atoms with Crippen molar-refractivity contribution in [2.45, 2.75) is 19.1 Å². The Kier molecular flexibility index (Phi) is 5.73. The van der Waals surface area contributed by atoms with Crippen LogP contribution in [0.4, 0.5) is 18.9 Å². The Morgan fingerprint density at radius 1 is 1.21 bits per heavy atom. The summed E-state index contributed by atoms with van der Waals surface area (Å²) in [5.41, 5.74) is -0.623. The van der Waals surface area contributed by atoms with Crippen LogP contribution in [0.15, 0.2) is 52.6 Å². The molecule has 1 aromatic carbocycles. The van der Waals surface area contributed by atoms with Gasteiger partial charge in [0.2, 0.25) is 5.91 Å². The fourth-order valence-electron chi connectivity index (χ4n) is 2.49. The van der Waals surface area contributed by atoms with Crippen molar-refractivity contribution in [3.8, 4) is 16.3 Å². The number of nitrogens with one attached hydrogen (secondary N) is 1. The highest BCUT2D eigenvalue weighted by Gasteiger charge is 2.30. The monoisotopic (exact) mass is 423 g/mol. The third kappa shape index (κ3) is 4.65. The summed E-state index contributed by atoms with van der Waals surface area (Å²) in [5.74, 6) is 0.0675. The van der Waals surface area contributed by atoms with Crippen molar-refractivity contribution in [2.75, 3.05) is 12.4 Å². The molecule has 1 amide bonds. The van der Waals surface area contributed by atoms with Gasteiger partial charge < -0.3 is 10.1 Å². The Morgan fingerprint density at radius 3 is 2.48 bits per heavy atom. The lowest BCUT2D eigenvalue weighted by molar-refractivity contribution is -0.137. The van der Waals surface area contributed by atoms with Gasteiger partial charge in [0.05, 0.1) is 17.6 Å². The van der Waals surface area contributed by atoms with Crippen LogP contribution in [0.3, 0.4) is 0 Å².